The Balaban J connectivity index is 1.34. The van der Waals surface area contributed by atoms with Crippen LogP contribution in [0.4, 0.5) is 17.1 Å². The number of carbonyl (C=O) groups is 3. The zero-order valence-corrected chi connectivity index (χ0v) is 20.9. The molecule has 5 rings (SSSR count). The first kappa shape index (κ1) is 23.9. The van der Waals surface area contributed by atoms with Gasteiger partial charge in [-0.25, -0.2) is 9.88 Å². The number of halogens is 1. The van der Waals surface area contributed by atoms with Crippen LogP contribution in [0.5, 0.6) is 0 Å². The minimum atomic E-state index is -0.742. The first-order valence-corrected chi connectivity index (χ1v) is 12.7. The maximum absolute atomic E-state index is 13.0. The number of rotatable bonds is 6. The van der Waals surface area contributed by atoms with Gasteiger partial charge >= 0.3 is 0 Å². The first-order chi connectivity index (χ1) is 17.2. The van der Waals surface area contributed by atoms with Gasteiger partial charge in [0.15, 0.2) is 4.34 Å². The number of thioether (sulfide) groups is 1. The Kier molecular flexibility index (Phi) is 6.20. The molecule has 1 aliphatic heterocycles. The molecule has 4 aromatic rings. The summed E-state index contributed by atoms with van der Waals surface area (Å²) in [4.78, 5) is 54.4. The molecule has 180 valence electrons. The zero-order chi connectivity index (χ0) is 25.6. The zero-order valence-electron chi connectivity index (χ0n) is 18.5. The average molecular weight is 539 g/mol. The largest absolute Gasteiger partial charge is 0.325 e. The number of aromatic nitrogens is 1. The predicted octanol–water partition coefficient (Wildman–Crippen LogP) is 5.70. The van der Waals surface area contributed by atoms with Gasteiger partial charge in [0.2, 0.25) is 5.91 Å². The molecule has 1 aromatic heterocycles. The van der Waals surface area contributed by atoms with E-state index in [1.165, 1.54) is 41.3 Å². The monoisotopic (exact) mass is 538 g/mol. The van der Waals surface area contributed by atoms with E-state index in [0.717, 1.165) is 10.5 Å². The Hall–Kier alpha value is -3.80. The van der Waals surface area contributed by atoms with Crippen LogP contribution >= 0.6 is 34.7 Å². The van der Waals surface area contributed by atoms with Crippen molar-refractivity contribution in [3.05, 3.63) is 86.4 Å². The number of benzene rings is 3. The molecule has 0 fully saturated rings. The van der Waals surface area contributed by atoms with Gasteiger partial charge in [-0.15, -0.1) is 11.3 Å². The smallest absolute Gasteiger partial charge is 0.283 e. The fourth-order valence-electron chi connectivity index (χ4n) is 3.80. The molecule has 12 heteroatoms. The molecular weight excluding hydrogens is 524 g/mol. The minimum Gasteiger partial charge on any atom is -0.325 e. The van der Waals surface area contributed by atoms with E-state index in [1.807, 2.05) is 6.92 Å². The highest BCUT2D eigenvalue weighted by Crippen LogP contribution is 2.37. The van der Waals surface area contributed by atoms with Crippen molar-refractivity contribution in [1.29, 1.82) is 0 Å². The molecule has 0 saturated heterocycles. The van der Waals surface area contributed by atoms with E-state index in [4.69, 9.17) is 11.6 Å². The lowest BCUT2D eigenvalue weighted by molar-refractivity contribution is -0.385. The van der Waals surface area contributed by atoms with Crippen LogP contribution < -0.4 is 10.2 Å². The predicted molar refractivity (Wildman–Crippen MR) is 139 cm³/mol. The van der Waals surface area contributed by atoms with Gasteiger partial charge in [-0.05, 0) is 48.9 Å². The molecule has 3 aromatic carbocycles. The summed E-state index contributed by atoms with van der Waals surface area (Å²) in [5.74, 6) is -1.45. The van der Waals surface area contributed by atoms with Gasteiger partial charge in [-0.2, -0.15) is 0 Å². The van der Waals surface area contributed by atoms with E-state index >= 15 is 0 Å². The van der Waals surface area contributed by atoms with Crippen molar-refractivity contribution in [3.63, 3.8) is 0 Å². The Bertz CT molecular complexity index is 1600. The van der Waals surface area contributed by atoms with Gasteiger partial charge in [-0.1, -0.05) is 35.5 Å². The van der Waals surface area contributed by atoms with E-state index in [-0.39, 0.29) is 28.5 Å². The molecule has 0 spiro atoms. The van der Waals surface area contributed by atoms with Crippen molar-refractivity contribution in [2.75, 3.05) is 16.0 Å². The highest BCUT2D eigenvalue weighted by molar-refractivity contribution is 8.01. The maximum atomic E-state index is 13.0. The number of anilines is 2. The fourth-order valence-corrected chi connectivity index (χ4v) is 5.88. The highest BCUT2D eigenvalue weighted by Gasteiger charge is 2.41. The Morgan fingerprint density at radius 2 is 1.94 bits per heavy atom. The third kappa shape index (κ3) is 4.21. The number of hydrogen-bond acceptors (Lipinski definition) is 8. The maximum Gasteiger partial charge on any atom is 0.283 e. The van der Waals surface area contributed by atoms with Crippen LogP contribution in [0, 0.1) is 17.0 Å². The Morgan fingerprint density at radius 3 is 2.72 bits per heavy atom. The molecule has 3 amide bonds. The summed E-state index contributed by atoms with van der Waals surface area (Å²) in [7, 11) is 0. The molecule has 0 aliphatic carbocycles. The minimum absolute atomic E-state index is 0.00389. The summed E-state index contributed by atoms with van der Waals surface area (Å²) < 4.78 is 1.34. The lowest BCUT2D eigenvalue weighted by Gasteiger charge is -2.13. The standard InChI is InChI=1S/C24H15ClN4O5S2/c1-12-15(25)5-3-6-16(12)26-20(30)11-35-24-27-17-9-8-13(10-19(17)36-24)28-22(31)14-4-2-7-18(29(33)34)21(14)23(28)32/h2-10H,11H2,1H3,(H,26,30). The Morgan fingerprint density at radius 1 is 1.17 bits per heavy atom. The van der Waals surface area contributed by atoms with Gasteiger partial charge in [0, 0.05) is 16.8 Å². The number of thiazole rings is 1. The van der Waals surface area contributed by atoms with Crippen molar-refractivity contribution < 1.29 is 19.3 Å². The van der Waals surface area contributed by atoms with Crippen LogP contribution in [0.15, 0.2) is 58.9 Å². The summed E-state index contributed by atoms with van der Waals surface area (Å²) in [5, 5.41) is 14.8. The molecule has 36 heavy (non-hydrogen) atoms. The van der Waals surface area contributed by atoms with Crippen LogP contribution in [-0.4, -0.2) is 33.4 Å². The van der Waals surface area contributed by atoms with Crippen LogP contribution in [0.2, 0.25) is 5.02 Å². The lowest BCUT2D eigenvalue weighted by atomic mass is 10.1. The number of nitrogens with one attached hydrogen (secondary N) is 1. The number of carbonyl (C=O) groups excluding carboxylic acids is 3. The number of nitro benzene ring substituents is 1. The van der Waals surface area contributed by atoms with E-state index < -0.39 is 22.4 Å². The van der Waals surface area contributed by atoms with Gasteiger partial charge in [0.25, 0.3) is 17.5 Å². The first-order valence-electron chi connectivity index (χ1n) is 10.5. The molecule has 0 saturated carbocycles. The second kappa shape index (κ2) is 9.34. The average Bonchev–Trinajstić information content (AvgIpc) is 3.38. The SMILES string of the molecule is Cc1c(Cl)cccc1NC(=O)CSc1nc2ccc(N3C(=O)c4cccc([N+](=O)[O-])c4C3=O)cc2s1. The molecule has 0 atom stereocenters. The summed E-state index contributed by atoms with van der Waals surface area (Å²) >= 11 is 8.67. The number of nitro groups is 1. The number of hydrogen-bond donors (Lipinski definition) is 1. The second-order valence-corrected chi connectivity index (χ2v) is 10.4. The number of nitrogens with zero attached hydrogens (tertiary/aromatic N) is 3. The third-order valence-corrected chi connectivity index (χ3v) is 8.14. The van der Waals surface area contributed by atoms with E-state index in [9.17, 15) is 24.5 Å². The third-order valence-electron chi connectivity index (χ3n) is 5.57. The van der Waals surface area contributed by atoms with Gasteiger partial charge in [0.1, 0.15) is 5.56 Å². The summed E-state index contributed by atoms with van der Waals surface area (Å²) in [6, 6.07) is 14.1. The second-order valence-electron chi connectivity index (χ2n) is 7.78. The Labute approximate surface area is 217 Å². The molecule has 1 N–H and O–H groups in total. The molecule has 0 radical (unpaired) electrons. The summed E-state index contributed by atoms with van der Waals surface area (Å²) in [6.45, 7) is 1.82. The van der Waals surface area contributed by atoms with E-state index in [0.29, 0.717) is 25.3 Å². The van der Waals surface area contributed by atoms with Gasteiger partial charge in [0.05, 0.1) is 32.1 Å². The van der Waals surface area contributed by atoms with Gasteiger partial charge < -0.3 is 5.32 Å². The fraction of sp³-hybridized carbons (Fsp3) is 0.0833. The summed E-state index contributed by atoms with van der Waals surface area (Å²) in [5.41, 5.74) is 1.73. The van der Waals surface area contributed by atoms with Crippen molar-refractivity contribution >= 4 is 79.7 Å². The van der Waals surface area contributed by atoms with Gasteiger partial charge in [-0.3, -0.25) is 24.5 Å². The van der Waals surface area contributed by atoms with Crippen LogP contribution in [0.3, 0.4) is 0 Å². The van der Waals surface area contributed by atoms with Crippen LogP contribution in [0.25, 0.3) is 10.2 Å². The topological polar surface area (TPSA) is 123 Å². The number of imide groups is 1. The summed E-state index contributed by atoms with van der Waals surface area (Å²) in [6.07, 6.45) is 0. The highest BCUT2D eigenvalue weighted by atomic mass is 35.5. The molecular formula is C24H15ClN4O5S2. The number of amides is 3. The molecule has 1 aliphatic rings. The number of fused-ring (bicyclic) bond motifs is 2. The quantitative estimate of drug-likeness (QED) is 0.145. The van der Waals surface area contributed by atoms with E-state index in [2.05, 4.69) is 10.3 Å². The lowest BCUT2D eigenvalue weighted by Crippen LogP contribution is -2.29. The van der Waals surface area contributed by atoms with Crippen LogP contribution in [-0.2, 0) is 4.79 Å². The molecule has 0 unspecified atom stereocenters. The van der Waals surface area contributed by atoms with Crippen LogP contribution in [0.1, 0.15) is 26.3 Å². The van der Waals surface area contributed by atoms with Crippen molar-refractivity contribution in [2.24, 2.45) is 0 Å². The van der Waals surface area contributed by atoms with E-state index in [1.54, 1.807) is 36.4 Å². The van der Waals surface area contributed by atoms with Crippen molar-refractivity contribution in [1.82, 2.24) is 4.98 Å². The molecule has 9 nitrogen and oxygen atoms in total. The van der Waals surface area contributed by atoms with Crippen molar-refractivity contribution in [2.45, 2.75) is 11.3 Å². The molecule has 2 heterocycles. The van der Waals surface area contributed by atoms with Crippen molar-refractivity contribution in [3.8, 4) is 0 Å². The normalized spacial score (nSPS) is 12.8. The molecule has 0 bridgehead atoms.